The van der Waals surface area contributed by atoms with Crippen molar-refractivity contribution in [2.45, 2.75) is 25.7 Å². The molecule has 0 aliphatic carbocycles. The number of rotatable bonds is 7. The lowest BCUT2D eigenvalue weighted by atomic mass is 9.93. The molecule has 1 saturated heterocycles. The summed E-state index contributed by atoms with van der Waals surface area (Å²) in [6, 6.07) is 0. The zero-order valence-corrected chi connectivity index (χ0v) is 10.8. The molecule has 0 aromatic carbocycles. The quantitative estimate of drug-likeness (QED) is 0.590. The van der Waals surface area contributed by atoms with Crippen LogP contribution in [0.4, 0.5) is 0 Å². The van der Waals surface area contributed by atoms with Crippen LogP contribution in [0.1, 0.15) is 25.7 Å². The summed E-state index contributed by atoms with van der Waals surface area (Å²) < 4.78 is 0. The third kappa shape index (κ3) is 6.19. The molecular weight excluding hydrogens is 252 g/mol. The maximum atomic E-state index is 11.8. The van der Waals surface area contributed by atoms with Gasteiger partial charge in [-0.25, -0.2) is 0 Å². The first-order chi connectivity index (χ1) is 8.99. The molecule has 7 nitrogen and oxygen atoms in total. The highest BCUT2D eigenvalue weighted by molar-refractivity contribution is 5.85. The van der Waals surface area contributed by atoms with Gasteiger partial charge in [-0.2, -0.15) is 0 Å². The van der Waals surface area contributed by atoms with Crippen molar-refractivity contribution in [1.82, 2.24) is 10.2 Å². The zero-order chi connectivity index (χ0) is 14.3. The van der Waals surface area contributed by atoms with E-state index in [4.69, 9.17) is 10.2 Å². The average molecular weight is 272 g/mol. The summed E-state index contributed by atoms with van der Waals surface area (Å²) in [6.45, 7) is 0.758. The largest absolute Gasteiger partial charge is 0.480 e. The van der Waals surface area contributed by atoms with E-state index in [0.717, 1.165) is 30.8 Å². The molecule has 1 heterocycles. The molecule has 0 atom stereocenters. The summed E-state index contributed by atoms with van der Waals surface area (Å²) in [5.74, 6) is -2.34. The monoisotopic (exact) mass is 272 g/mol. The Morgan fingerprint density at radius 2 is 1.58 bits per heavy atom. The highest BCUT2D eigenvalue weighted by atomic mass is 16.4. The minimum absolute atomic E-state index is 0.214. The Balaban J connectivity index is 2.41. The second-order valence-corrected chi connectivity index (χ2v) is 4.77. The lowest BCUT2D eigenvalue weighted by Crippen LogP contribution is -2.39. The number of carbonyl (C=O) groups excluding carboxylic acids is 1. The summed E-state index contributed by atoms with van der Waals surface area (Å²) in [4.78, 5) is 33.9. The van der Waals surface area contributed by atoms with Crippen LogP contribution >= 0.6 is 0 Å². The maximum Gasteiger partial charge on any atom is 0.323 e. The Morgan fingerprint density at radius 3 is 2.05 bits per heavy atom. The molecule has 3 N–H and O–H groups in total. The molecule has 0 aromatic rings. The van der Waals surface area contributed by atoms with Gasteiger partial charge < -0.3 is 20.4 Å². The van der Waals surface area contributed by atoms with Gasteiger partial charge in [-0.05, 0) is 38.3 Å². The van der Waals surface area contributed by atoms with Crippen LogP contribution in [0, 0.1) is 5.92 Å². The van der Waals surface area contributed by atoms with Gasteiger partial charge in [0.15, 0.2) is 0 Å². The van der Waals surface area contributed by atoms with E-state index in [1.807, 2.05) is 0 Å². The number of nitrogens with one attached hydrogen (secondary N) is 1. The molecule has 0 saturated carbocycles. The minimum atomic E-state index is -1.20. The third-order valence-corrected chi connectivity index (χ3v) is 3.23. The fraction of sp³-hybridized carbons (Fsp3) is 0.750. The van der Waals surface area contributed by atoms with Crippen LogP contribution in [0.25, 0.3) is 0 Å². The van der Waals surface area contributed by atoms with E-state index >= 15 is 0 Å². The molecule has 0 radical (unpaired) electrons. The number of carboxylic acids is 2. The fourth-order valence-corrected chi connectivity index (χ4v) is 2.21. The van der Waals surface area contributed by atoms with Gasteiger partial charge in [0.1, 0.15) is 13.1 Å². The van der Waals surface area contributed by atoms with Gasteiger partial charge in [-0.15, -0.1) is 0 Å². The van der Waals surface area contributed by atoms with E-state index in [1.54, 1.807) is 0 Å². The summed E-state index contributed by atoms with van der Waals surface area (Å²) in [5.41, 5.74) is 0. The maximum absolute atomic E-state index is 11.8. The highest BCUT2D eigenvalue weighted by Crippen LogP contribution is 2.18. The van der Waals surface area contributed by atoms with Crippen molar-refractivity contribution in [1.29, 1.82) is 0 Å². The van der Waals surface area contributed by atoms with Gasteiger partial charge in [0.25, 0.3) is 0 Å². The van der Waals surface area contributed by atoms with Gasteiger partial charge in [-0.3, -0.25) is 14.4 Å². The van der Waals surface area contributed by atoms with Crippen molar-refractivity contribution in [3.8, 4) is 0 Å². The fourth-order valence-electron chi connectivity index (χ4n) is 2.21. The van der Waals surface area contributed by atoms with Crippen molar-refractivity contribution in [3.05, 3.63) is 0 Å². The van der Waals surface area contributed by atoms with Crippen LogP contribution in [0.3, 0.4) is 0 Å². The number of amides is 1. The van der Waals surface area contributed by atoms with Crippen molar-refractivity contribution in [2.24, 2.45) is 5.92 Å². The van der Waals surface area contributed by atoms with Crippen LogP contribution in [0.15, 0.2) is 0 Å². The number of hydrogen-bond donors (Lipinski definition) is 3. The molecule has 19 heavy (non-hydrogen) atoms. The first-order valence-electron chi connectivity index (χ1n) is 6.41. The van der Waals surface area contributed by atoms with Crippen molar-refractivity contribution >= 4 is 17.8 Å². The number of nitrogens with zero attached hydrogens (tertiary/aromatic N) is 1. The molecule has 0 aromatic heterocycles. The Kier molecular flexibility index (Phi) is 6.27. The molecule has 7 heteroatoms. The molecule has 0 unspecified atom stereocenters. The number of piperidine rings is 1. The predicted molar refractivity (Wildman–Crippen MR) is 66.7 cm³/mol. The molecule has 1 rings (SSSR count). The molecule has 0 spiro atoms. The van der Waals surface area contributed by atoms with Crippen molar-refractivity contribution in [3.63, 3.8) is 0 Å². The molecule has 1 amide bonds. The number of aliphatic carboxylic acids is 2. The zero-order valence-electron chi connectivity index (χ0n) is 10.8. The number of carboxylic acid groups (broad SMARTS) is 2. The average Bonchev–Trinajstić information content (AvgIpc) is 2.35. The summed E-state index contributed by atoms with van der Waals surface area (Å²) in [5, 5.41) is 20.6. The number of hydrogen-bond acceptors (Lipinski definition) is 4. The highest BCUT2D eigenvalue weighted by Gasteiger charge is 2.21. The van der Waals surface area contributed by atoms with E-state index in [9.17, 15) is 14.4 Å². The second kappa shape index (κ2) is 7.73. The summed E-state index contributed by atoms with van der Waals surface area (Å²) in [6.07, 6.45) is 2.91. The standard InChI is InChI=1S/C12H20N2O5/c15-10(2-1-9-3-5-13-6-4-9)14(7-11(16)17)8-12(18)19/h9,13H,1-8H2,(H,16,17)(H,18,19). The van der Waals surface area contributed by atoms with Gasteiger partial charge in [0.2, 0.25) is 5.91 Å². The normalized spacial score (nSPS) is 16.0. The smallest absolute Gasteiger partial charge is 0.323 e. The Hall–Kier alpha value is -1.63. The molecule has 1 fully saturated rings. The summed E-state index contributed by atoms with van der Waals surface area (Å²) >= 11 is 0. The van der Waals surface area contributed by atoms with E-state index in [-0.39, 0.29) is 6.42 Å². The van der Waals surface area contributed by atoms with E-state index in [1.165, 1.54) is 0 Å². The molecule has 1 aliphatic rings. The molecular formula is C12H20N2O5. The third-order valence-electron chi connectivity index (χ3n) is 3.23. The van der Waals surface area contributed by atoms with Gasteiger partial charge >= 0.3 is 11.9 Å². The summed E-state index contributed by atoms with van der Waals surface area (Å²) in [7, 11) is 0. The van der Waals surface area contributed by atoms with Crippen molar-refractivity contribution in [2.75, 3.05) is 26.2 Å². The minimum Gasteiger partial charge on any atom is -0.480 e. The van der Waals surface area contributed by atoms with Gasteiger partial charge in [0, 0.05) is 6.42 Å². The van der Waals surface area contributed by atoms with E-state index in [2.05, 4.69) is 5.32 Å². The van der Waals surface area contributed by atoms with Crippen LogP contribution in [-0.2, 0) is 14.4 Å². The number of carbonyl (C=O) groups is 3. The van der Waals surface area contributed by atoms with Crippen LogP contribution < -0.4 is 5.32 Å². The lowest BCUT2D eigenvalue weighted by Gasteiger charge is -2.24. The first-order valence-corrected chi connectivity index (χ1v) is 6.41. The predicted octanol–water partition coefficient (Wildman–Crippen LogP) is -0.236. The Morgan fingerprint density at radius 1 is 1.05 bits per heavy atom. The van der Waals surface area contributed by atoms with Crippen LogP contribution in [-0.4, -0.2) is 59.1 Å². The van der Waals surface area contributed by atoms with Crippen molar-refractivity contribution < 1.29 is 24.6 Å². The topological polar surface area (TPSA) is 107 Å². The van der Waals surface area contributed by atoms with Gasteiger partial charge in [-0.1, -0.05) is 0 Å². The van der Waals surface area contributed by atoms with E-state index < -0.39 is 30.9 Å². The molecule has 108 valence electrons. The Bertz CT molecular complexity index is 323. The van der Waals surface area contributed by atoms with Gasteiger partial charge in [0.05, 0.1) is 0 Å². The lowest BCUT2D eigenvalue weighted by molar-refractivity contribution is -0.149. The first kappa shape index (κ1) is 15.4. The van der Waals surface area contributed by atoms with Crippen LogP contribution in [0.5, 0.6) is 0 Å². The van der Waals surface area contributed by atoms with E-state index in [0.29, 0.717) is 12.3 Å². The SMILES string of the molecule is O=C(O)CN(CC(=O)O)C(=O)CCC1CCNCC1. The van der Waals surface area contributed by atoms with Crippen LogP contribution in [0.2, 0.25) is 0 Å². The molecule has 0 bridgehead atoms. The molecule has 1 aliphatic heterocycles. The second-order valence-electron chi connectivity index (χ2n) is 4.77. The Labute approximate surface area is 111 Å².